The summed E-state index contributed by atoms with van der Waals surface area (Å²) in [4.78, 5) is 12.0. The first kappa shape index (κ1) is 34.8. The molecule has 0 spiro atoms. The second-order valence-corrected chi connectivity index (χ2v) is 18.8. The maximum atomic E-state index is 16.8. The number of rotatable bonds is 7. The van der Waals surface area contributed by atoms with Crippen molar-refractivity contribution in [3.05, 3.63) is 230 Å². The van der Waals surface area contributed by atoms with Gasteiger partial charge in [-0.15, -0.1) is 0 Å². The van der Waals surface area contributed by atoms with Crippen molar-refractivity contribution in [3.63, 3.8) is 0 Å². The van der Waals surface area contributed by atoms with Crippen molar-refractivity contribution in [3.8, 4) is 16.9 Å². The number of anilines is 3. The minimum atomic E-state index is -2.94. The Labute approximate surface area is 343 Å². The van der Waals surface area contributed by atoms with Gasteiger partial charge in [0.2, 0.25) is 0 Å². The fraction of sp³-hybridized carbons (Fsp3) is 0.0189. The van der Waals surface area contributed by atoms with E-state index in [-0.39, 0.29) is 0 Å². The second-order valence-electron chi connectivity index (χ2n) is 15.1. The lowest BCUT2D eigenvalue weighted by atomic mass is 9.99. The van der Waals surface area contributed by atoms with E-state index in [2.05, 4.69) is 154 Å². The van der Waals surface area contributed by atoms with Gasteiger partial charge in [0.1, 0.15) is 5.65 Å². The second kappa shape index (κ2) is 14.2. The first-order valence-corrected chi connectivity index (χ1v) is 22.0. The molecule has 10 aromatic rings. The molecule has 1 unspecified atom stereocenters. The van der Waals surface area contributed by atoms with Crippen LogP contribution in [0.2, 0.25) is 0 Å². The van der Waals surface area contributed by atoms with E-state index in [0.29, 0.717) is 11.1 Å². The summed E-state index contributed by atoms with van der Waals surface area (Å²) in [6.45, 7) is 0. The molecule has 4 nitrogen and oxygen atoms in total. The number of para-hydroxylation sites is 2. The van der Waals surface area contributed by atoms with Crippen LogP contribution in [0.4, 0.5) is 21.5 Å². The Balaban J connectivity index is 1.18. The molecule has 11 rings (SSSR count). The van der Waals surface area contributed by atoms with Crippen molar-refractivity contribution in [2.24, 2.45) is 0 Å². The lowest BCUT2D eigenvalue weighted by Gasteiger charge is -2.45. The fourth-order valence-electron chi connectivity index (χ4n) is 9.31. The monoisotopic (exact) mass is 776 g/mol. The summed E-state index contributed by atoms with van der Waals surface area (Å²) in [5.41, 5.74) is 8.90. The van der Waals surface area contributed by atoms with Gasteiger partial charge in [-0.25, -0.2) is 9.37 Å². The third kappa shape index (κ3) is 5.56. The Morgan fingerprint density at radius 1 is 0.458 bits per heavy atom. The van der Waals surface area contributed by atoms with Crippen LogP contribution in [0.1, 0.15) is 17.3 Å². The smallest absolute Gasteiger partial charge is 0.184 e. The quantitative estimate of drug-likeness (QED) is 0.151. The molecule has 7 aromatic carbocycles. The Bertz CT molecular complexity index is 3090. The zero-order chi connectivity index (χ0) is 39.3. The summed E-state index contributed by atoms with van der Waals surface area (Å²) in [6.07, 6.45) is 2.26. The van der Waals surface area contributed by atoms with Crippen LogP contribution in [0.3, 0.4) is 0 Å². The normalized spacial score (nSPS) is 13.5. The SMILES string of the molecule is FC(c1cccc(-c2ccccn2)c1)c1cccc(-n2c3cc4c(cc3c3cccnc32)[Si](c2ccccc2)(c2ccccc2)c2ccccc2N4c2ccccc2)c1. The van der Waals surface area contributed by atoms with E-state index in [1.54, 1.807) is 6.20 Å². The molecule has 0 bridgehead atoms. The highest BCUT2D eigenvalue weighted by Crippen LogP contribution is 2.42. The van der Waals surface area contributed by atoms with E-state index in [1.807, 2.05) is 72.9 Å². The van der Waals surface area contributed by atoms with Gasteiger partial charge in [0, 0.05) is 51.5 Å². The number of halogens is 1. The van der Waals surface area contributed by atoms with Crippen LogP contribution in [0.25, 0.3) is 38.9 Å². The molecule has 0 saturated heterocycles. The Hall–Kier alpha value is -7.41. The van der Waals surface area contributed by atoms with E-state index < -0.39 is 14.2 Å². The molecule has 4 heterocycles. The van der Waals surface area contributed by atoms with Gasteiger partial charge in [0.15, 0.2) is 14.2 Å². The van der Waals surface area contributed by atoms with Crippen LogP contribution in [0, 0.1) is 0 Å². The summed E-state index contributed by atoms with van der Waals surface area (Å²) in [5.74, 6) is 0. The highest BCUT2D eigenvalue weighted by atomic mass is 28.3. The third-order valence-electron chi connectivity index (χ3n) is 11.8. The predicted molar refractivity (Wildman–Crippen MR) is 243 cm³/mol. The Morgan fingerprint density at radius 2 is 1.10 bits per heavy atom. The van der Waals surface area contributed by atoms with Gasteiger partial charge in [0.05, 0.1) is 11.2 Å². The summed E-state index contributed by atoms with van der Waals surface area (Å²) < 4.78 is 19.0. The zero-order valence-electron chi connectivity index (χ0n) is 32.0. The van der Waals surface area contributed by atoms with E-state index in [4.69, 9.17) is 4.98 Å². The van der Waals surface area contributed by atoms with Gasteiger partial charge < -0.3 is 4.90 Å². The van der Waals surface area contributed by atoms with E-state index in [9.17, 15) is 0 Å². The molecule has 1 aliphatic rings. The van der Waals surface area contributed by atoms with Gasteiger partial charge in [-0.2, -0.15) is 0 Å². The van der Waals surface area contributed by atoms with Crippen LogP contribution in [0.5, 0.6) is 0 Å². The zero-order valence-corrected chi connectivity index (χ0v) is 33.0. The first-order chi connectivity index (χ1) is 29.2. The summed E-state index contributed by atoms with van der Waals surface area (Å²) in [7, 11) is -2.94. The average molecular weight is 777 g/mol. The summed E-state index contributed by atoms with van der Waals surface area (Å²) >= 11 is 0. The molecule has 0 aliphatic carbocycles. The molecule has 1 aliphatic heterocycles. The van der Waals surface area contributed by atoms with Crippen LogP contribution in [-0.2, 0) is 0 Å². The van der Waals surface area contributed by atoms with E-state index in [1.165, 1.54) is 26.4 Å². The van der Waals surface area contributed by atoms with Crippen molar-refractivity contribution in [1.82, 2.24) is 14.5 Å². The number of pyridine rings is 2. The van der Waals surface area contributed by atoms with Crippen molar-refractivity contribution in [1.29, 1.82) is 0 Å². The van der Waals surface area contributed by atoms with Gasteiger partial charge in [-0.05, 0) is 105 Å². The largest absolute Gasteiger partial charge is 0.311 e. The highest BCUT2D eigenvalue weighted by molar-refractivity contribution is 7.21. The Morgan fingerprint density at radius 3 is 1.85 bits per heavy atom. The van der Waals surface area contributed by atoms with Crippen LogP contribution >= 0.6 is 0 Å². The van der Waals surface area contributed by atoms with E-state index >= 15 is 4.39 Å². The van der Waals surface area contributed by atoms with Crippen LogP contribution in [0.15, 0.2) is 219 Å². The molecule has 0 saturated carbocycles. The number of hydrogen-bond acceptors (Lipinski definition) is 3. The molecule has 0 fully saturated rings. The molecule has 0 amide bonds. The van der Waals surface area contributed by atoms with Crippen LogP contribution in [-0.4, -0.2) is 22.6 Å². The molecule has 6 heteroatoms. The van der Waals surface area contributed by atoms with Crippen molar-refractivity contribution in [2.45, 2.75) is 6.17 Å². The number of aromatic nitrogens is 3. The number of hydrogen-bond donors (Lipinski definition) is 0. The van der Waals surface area contributed by atoms with Crippen molar-refractivity contribution >= 4 is 67.8 Å². The predicted octanol–water partition coefficient (Wildman–Crippen LogP) is 10.5. The maximum absolute atomic E-state index is 16.8. The fourth-order valence-corrected chi connectivity index (χ4v) is 14.4. The lowest BCUT2D eigenvalue weighted by molar-refractivity contribution is 0.402. The molecular weight excluding hydrogens is 740 g/mol. The van der Waals surface area contributed by atoms with Crippen molar-refractivity contribution < 1.29 is 4.39 Å². The Kier molecular flexibility index (Phi) is 8.38. The van der Waals surface area contributed by atoms with E-state index in [0.717, 1.165) is 50.3 Å². The highest BCUT2D eigenvalue weighted by Gasteiger charge is 2.49. The number of benzene rings is 7. The molecule has 3 aromatic heterocycles. The molecular formula is C53H37FN4Si. The molecule has 0 N–H and O–H groups in total. The molecule has 280 valence electrons. The van der Waals surface area contributed by atoms with Crippen LogP contribution < -0.4 is 25.6 Å². The number of alkyl halides is 1. The average Bonchev–Trinajstić information content (AvgIpc) is 3.64. The maximum Gasteiger partial charge on any atom is 0.184 e. The third-order valence-corrected chi connectivity index (χ3v) is 16.7. The first-order valence-electron chi connectivity index (χ1n) is 20.0. The number of nitrogens with zero attached hydrogens (tertiary/aromatic N) is 4. The molecule has 0 radical (unpaired) electrons. The topological polar surface area (TPSA) is 34.0 Å². The molecule has 1 atom stereocenters. The van der Waals surface area contributed by atoms with Gasteiger partial charge in [-0.1, -0.05) is 133 Å². The van der Waals surface area contributed by atoms with Gasteiger partial charge in [0.25, 0.3) is 0 Å². The number of fused-ring (bicyclic) bond motifs is 5. The van der Waals surface area contributed by atoms with Gasteiger partial charge >= 0.3 is 0 Å². The van der Waals surface area contributed by atoms with Gasteiger partial charge in [-0.3, -0.25) is 9.55 Å². The summed E-state index contributed by atoms with van der Waals surface area (Å²) in [5, 5.41) is 7.44. The minimum Gasteiger partial charge on any atom is -0.311 e. The standard InChI is InChI=1S/C53H37FN4Si/c54-52(38-18-14-17-37(33-38)46-28-12-13-31-55-46)39-19-15-22-41(34-39)58-48-36-49-51(35-45(48)44-27-16-32-56-53(44)58)59(42-23-6-2-7-24-42,43-25-8-3-9-26-43)50-30-11-10-29-47(50)57(49)40-20-4-1-5-21-40/h1-36,52H. The molecule has 59 heavy (non-hydrogen) atoms. The minimum absolute atomic E-state index is 0.573. The van der Waals surface area contributed by atoms with Crippen molar-refractivity contribution in [2.75, 3.05) is 4.90 Å². The summed E-state index contributed by atoms with van der Waals surface area (Å²) in [6, 6.07) is 72.1. The lowest BCUT2D eigenvalue weighted by Crippen LogP contribution is -2.77.